The molecule has 0 spiro atoms. The first kappa shape index (κ1) is 16.5. The maximum atomic E-state index is 13.8. The molecule has 0 aliphatic carbocycles. The molecule has 0 bridgehead atoms. The molecule has 1 aliphatic heterocycles. The normalized spacial score (nSPS) is 15.2. The van der Waals surface area contributed by atoms with Crippen LogP contribution in [0, 0.1) is 5.82 Å². The van der Waals surface area contributed by atoms with E-state index in [2.05, 4.69) is 20.9 Å². The van der Waals surface area contributed by atoms with Crippen molar-refractivity contribution in [1.29, 1.82) is 0 Å². The van der Waals surface area contributed by atoms with Gasteiger partial charge in [-0.05, 0) is 36.4 Å². The van der Waals surface area contributed by atoms with Crippen LogP contribution in [0.3, 0.4) is 0 Å². The Morgan fingerprint density at radius 1 is 1.00 bits per heavy atom. The van der Waals surface area contributed by atoms with Gasteiger partial charge in [-0.2, -0.15) is 0 Å². The van der Waals surface area contributed by atoms with Crippen LogP contribution < -0.4 is 0 Å². The first-order valence-corrected chi connectivity index (χ1v) is 8.53. The fraction of sp³-hybridized carbons (Fsp3) is 0. The van der Waals surface area contributed by atoms with Crippen molar-refractivity contribution >= 4 is 33.9 Å². The molecule has 0 saturated carbocycles. The summed E-state index contributed by atoms with van der Waals surface area (Å²) in [6.07, 6.45) is 1.47. The van der Waals surface area contributed by atoms with Crippen molar-refractivity contribution in [2.24, 2.45) is 4.99 Å². The summed E-state index contributed by atoms with van der Waals surface area (Å²) in [5, 5.41) is 0. The Balaban J connectivity index is 1.63. The number of furan rings is 1. The summed E-state index contributed by atoms with van der Waals surface area (Å²) in [6, 6.07) is 17.2. The number of benzene rings is 2. The lowest BCUT2D eigenvalue weighted by molar-refractivity contribution is -0.129. The highest BCUT2D eigenvalue weighted by Crippen LogP contribution is 2.26. The molecule has 4 rings (SSSR count). The fourth-order valence-corrected chi connectivity index (χ4v) is 2.76. The topological polar surface area (TPSA) is 51.8 Å². The SMILES string of the molecule is O=C1OC(c2ccccc2F)=N/C1=C\c1ccc(-c2ccc(Br)cc2)o1. The summed E-state index contributed by atoms with van der Waals surface area (Å²) in [7, 11) is 0. The van der Waals surface area contributed by atoms with Crippen LogP contribution in [-0.4, -0.2) is 11.9 Å². The summed E-state index contributed by atoms with van der Waals surface area (Å²) < 4.78 is 25.6. The molecule has 0 amide bonds. The summed E-state index contributed by atoms with van der Waals surface area (Å²) in [6.45, 7) is 0. The number of hydrogen-bond donors (Lipinski definition) is 0. The van der Waals surface area contributed by atoms with Gasteiger partial charge >= 0.3 is 5.97 Å². The van der Waals surface area contributed by atoms with Gasteiger partial charge in [-0.15, -0.1) is 0 Å². The maximum Gasteiger partial charge on any atom is 0.363 e. The Kier molecular flexibility index (Phi) is 4.26. The highest BCUT2D eigenvalue weighted by molar-refractivity contribution is 9.10. The third kappa shape index (κ3) is 3.23. The predicted molar refractivity (Wildman–Crippen MR) is 98.9 cm³/mol. The second kappa shape index (κ2) is 6.72. The van der Waals surface area contributed by atoms with Gasteiger partial charge < -0.3 is 9.15 Å². The van der Waals surface area contributed by atoms with Crippen molar-refractivity contribution in [2.75, 3.05) is 0 Å². The quantitative estimate of drug-likeness (QED) is 0.439. The number of carbonyl (C=O) groups is 1. The third-order valence-corrected chi connectivity index (χ3v) is 4.29. The van der Waals surface area contributed by atoms with Crippen molar-refractivity contribution in [3.63, 3.8) is 0 Å². The number of hydrogen-bond acceptors (Lipinski definition) is 4. The molecule has 128 valence electrons. The summed E-state index contributed by atoms with van der Waals surface area (Å²) in [5.74, 6) is -0.0952. The van der Waals surface area contributed by atoms with E-state index in [1.54, 1.807) is 24.3 Å². The van der Waals surface area contributed by atoms with Crippen LogP contribution in [0.25, 0.3) is 17.4 Å². The molecule has 4 nitrogen and oxygen atoms in total. The van der Waals surface area contributed by atoms with Crippen LogP contribution in [0.2, 0.25) is 0 Å². The minimum atomic E-state index is -0.648. The van der Waals surface area contributed by atoms with E-state index < -0.39 is 11.8 Å². The molecular formula is C20H11BrFNO3. The van der Waals surface area contributed by atoms with Crippen molar-refractivity contribution in [2.45, 2.75) is 0 Å². The first-order valence-electron chi connectivity index (χ1n) is 7.73. The molecule has 0 saturated heterocycles. The van der Waals surface area contributed by atoms with Gasteiger partial charge in [-0.1, -0.05) is 40.2 Å². The van der Waals surface area contributed by atoms with E-state index in [1.807, 2.05) is 24.3 Å². The third-order valence-electron chi connectivity index (χ3n) is 3.76. The number of ether oxygens (including phenoxy) is 1. The molecule has 6 heteroatoms. The van der Waals surface area contributed by atoms with Gasteiger partial charge in [0.15, 0.2) is 5.70 Å². The number of halogens is 2. The Morgan fingerprint density at radius 3 is 2.54 bits per heavy atom. The molecule has 0 N–H and O–H groups in total. The zero-order chi connectivity index (χ0) is 18.1. The number of aliphatic imine (C=N–C) groups is 1. The van der Waals surface area contributed by atoms with Gasteiger partial charge in [0, 0.05) is 16.1 Å². The number of nitrogens with zero attached hydrogens (tertiary/aromatic N) is 1. The van der Waals surface area contributed by atoms with E-state index >= 15 is 0 Å². The largest absolute Gasteiger partial charge is 0.457 e. The van der Waals surface area contributed by atoms with Gasteiger partial charge in [-0.3, -0.25) is 0 Å². The van der Waals surface area contributed by atoms with Crippen LogP contribution >= 0.6 is 15.9 Å². The number of carbonyl (C=O) groups excluding carboxylic acids is 1. The molecule has 0 atom stereocenters. The highest BCUT2D eigenvalue weighted by atomic mass is 79.9. The maximum absolute atomic E-state index is 13.8. The monoisotopic (exact) mass is 411 g/mol. The minimum absolute atomic E-state index is 0.0555. The van der Waals surface area contributed by atoms with E-state index in [9.17, 15) is 9.18 Å². The van der Waals surface area contributed by atoms with Crippen molar-refractivity contribution in [1.82, 2.24) is 0 Å². The first-order chi connectivity index (χ1) is 12.6. The molecule has 2 heterocycles. The second-order valence-corrected chi connectivity index (χ2v) is 6.44. The van der Waals surface area contributed by atoms with Crippen molar-refractivity contribution in [3.05, 3.63) is 88.0 Å². The molecule has 2 aromatic carbocycles. The predicted octanol–water partition coefficient (Wildman–Crippen LogP) is 5.19. The Bertz CT molecular complexity index is 1050. The number of esters is 1. The standard InChI is InChI=1S/C20H11BrFNO3/c21-13-7-5-12(6-8-13)18-10-9-14(25-18)11-17-20(24)26-19(23-17)15-3-1-2-4-16(15)22/h1-11H/b17-11-. The lowest BCUT2D eigenvalue weighted by Gasteiger charge is -1.99. The van der Waals surface area contributed by atoms with Gasteiger partial charge in [-0.25, -0.2) is 14.2 Å². The summed E-state index contributed by atoms with van der Waals surface area (Å²) in [4.78, 5) is 16.1. The smallest absolute Gasteiger partial charge is 0.363 e. The van der Waals surface area contributed by atoms with Gasteiger partial charge in [0.1, 0.15) is 17.3 Å². The summed E-state index contributed by atoms with van der Waals surface area (Å²) >= 11 is 3.39. The molecule has 26 heavy (non-hydrogen) atoms. The number of rotatable bonds is 3. The molecule has 1 aliphatic rings. The van der Waals surface area contributed by atoms with E-state index in [-0.39, 0.29) is 17.2 Å². The van der Waals surface area contributed by atoms with Gasteiger partial charge in [0.2, 0.25) is 5.90 Å². The molecule has 1 aromatic heterocycles. The van der Waals surface area contributed by atoms with Crippen LogP contribution in [0.5, 0.6) is 0 Å². The van der Waals surface area contributed by atoms with E-state index in [0.29, 0.717) is 11.5 Å². The second-order valence-electron chi connectivity index (χ2n) is 5.52. The molecule has 3 aromatic rings. The average molecular weight is 412 g/mol. The zero-order valence-corrected chi connectivity index (χ0v) is 14.9. The van der Waals surface area contributed by atoms with Crippen LogP contribution in [-0.2, 0) is 9.53 Å². The fourth-order valence-electron chi connectivity index (χ4n) is 2.49. The van der Waals surface area contributed by atoms with Crippen molar-refractivity contribution < 1.29 is 18.3 Å². The molecule has 0 unspecified atom stereocenters. The van der Waals surface area contributed by atoms with Crippen LogP contribution in [0.1, 0.15) is 11.3 Å². The highest BCUT2D eigenvalue weighted by Gasteiger charge is 2.26. The lowest BCUT2D eigenvalue weighted by Crippen LogP contribution is -2.07. The lowest BCUT2D eigenvalue weighted by atomic mass is 10.2. The number of cyclic esters (lactones) is 1. The summed E-state index contributed by atoms with van der Waals surface area (Å²) in [5.41, 5.74) is 1.10. The molecular weight excluding hydrogens is 401 g/mol. The van der Waals surface area contributed by atoms with E-state index in [4.69, 9.17) is 9.15 Å². The zero-order valence-electron chi connectivity index (χ0n) is 13.3. The van der Waals surface area contributed by atoms with Crippen LogP contribution in [0.4, 0.5) is 4.39 Å². The Labute approximate surface area is 156 Å². The van der Waals surface area contributed by atoms with Crippen LogP contribution in [0.15, 0.2) is 80.2 Å². The minimum Gasteiger partial charge on any atom is -0.457 e. The van der Waals surface area contributed by atoms with E-state index in [0.717, 1.165) is 10.0 Å². The van der Waals surface area contributed by atoms with Gasteiger partial charge in [0.05, 0.1) is 5.56 Å². The molecule has 0 fully saturated rings. The molecule has 0 radical (unpaired) electrons. The van der Waals surface area contributed by atoms with Gasteiger partial charge in [0.25, 0.3) is 0 Å². The Hall–Kier alpha value is -2.99. The average Bonchev–Trinajstić information content (AvgIpc) is 3.24. The van der Waals surface area contributed by atoms with E-state index in [1.165, 1.54) is 18.2 Å². The van der Waals surface area contributed by atoms with Crippen molar-refractivity contribution in [3.8, 4) is 11.3 Å². The Morgan fingerprint density at radius 2 is 1.77 bits per heavy atom.